The summed E-state index contributed by atoms with van der Waals surface area (Å²) in [6.07, 6.45) is 3.46. The van der Waals surface area contributed by atoms with Crippen LogP contribution in [0.2, 0.25) is 0 Å². The van der Waals surface area contributed by atoms with Crippen molar-refractivity contribution in [3.63, 3.8) is 0 Å². The van der Waals surface area contributed by atoms with Crippen LogP contribution >= 0.6 is 0 Å². The molecule has 0 unspecified atom stereocenters. The predicted molar refractivity (Wildman–Crippen MR) is 104 cm³/mol. The van der Waals surface area contributed by atoms with Crippen LogP contribution in [-0.2, 0) is 11.2 Å². The van der Waals surface area contributed by atoms with Crippen LogP contribution in [0.3, 0.4) is 0 Å². The average Bonchev–Trinajstić information content (AvgIpc) is 3.38. The Morgan fingerprint density at radius 2 is 1.86 bits per heavy atom. The molecule has 8 heteroatoms. The monoisotopic (exact) mass is 392 g/mol. The number of aryl methyl sites for hydroxylation is 1. The summed E-state index contributed by atoms with van der Waals surface area (Å²) in [6.45, 7) is 0. The van der Waals surface area contributed by atoms with Gasteiger partial charge in [-0.15, -0.1) is 0 Å². The first-order chi connectivity index (χ1) is 14.1. The van der Waals surface area contributed by atoms with E-state index in [-0.39, 0.29) is 24.6 Å². The summed E-state index contributed by atoms with van der Waals surface area (Å²) in [5.74, 6) is -0.249. The van der Waals surface area contributed by atoms with Gasteiger partial charge in [-0.3, -0.25) is 20.4 Å². The molecule has 0 radical (unpaired) electrons. The summed E-state index contributed by atoms with van der Waals surface area (Å²) in [5, 5.41) is 0.771. The van der Waals surface area contributed by atoms with Crippen molar-refractivity contribution < 1.29 is 18.4 Å². The summed E-state index contributed by atoms with van der Waals surface area (Å²) in [6, 6.07) is 13.2. The zero-order valence-electron chi connectivity index (χ0n) is 15.2. The molecule has 0 saturated heterocycles. The predicted octanol–water partition coefficient (Wildman–Crippen LogP) is 3.36. The average molecular weight is 392 g/mol. The maximum absolute atomic E-state index is 13.0. The van der Waals surface area contributed by atoms with Gasteiger partial charge in [0.15, 0.2) is 11.7 Å². The molecule has 0 atom stereocenters. The Kier molecular flexibility index (Phi) is 5.07. The number of hydrogen-bond donors (Lipinski definition) is 3. The zero-order valence-corrected chi connectivity index (χ0v) is 15.2. The quantitative estimate of drug-likeness (QED) is 0.454. The zero-order chi connectivity index (χ0) is 20.2. The summed E-state index contributed by atoms with van der Waals surface area (Å²) >= 11 is 0. The Bertz CT molecular complexity index is 1160. The third-order valence-electron chi connectivity index (χ3n) is 4.40. The largest absolute Gasteiger partial charge is 0.441 e. The molecule has 0 aliphatic rings. The fourth-order valence-electron chi connectivity index (χ4n) is 2.91. The fraction of sp³-hybridized carbons (Fsp3) is 0.0952. The number of fused-ring (bicyclic) bond motifs is 1. The van der Waals surface area contributed by atoms with E-state index in [1.165, 1.54) is 18.3 Å². The van der Waals surface area contributed by atoms with Crippen molar-refractivity contribution in [3.05, 3.63) is 78.2 Å². The molecule has 2 aromatic heterocycles. The van der Waals surface area contributed by atoms with Crippen LogP contribution in [0.15, 0.2) is 65.3 Å². The van der Waals surface area contributed by atoms with Gasteiger partial charge in [0.2, 0.25) is 5.91 Å². The number of benzene rings is 2. The Morgan fingerprint density at radius 1 is 1.07 bits per heavy atom. The Labute approximate surface area is 164 Å². The maximum Gasteiger partial charge on any atom is 0.271 e. The van der Waals surface area contributed by atoms with Crippen molar-refractivity contribution in [2.24, 2.45) is 0 Å². The lowest BCUT2D eigenvalue weighted by molar-refractivity contribution is -0.121. The molecule has 29 heavy (non-hydrogen) atoms. The van der Waals surface area contributed by atoms with Gasteiger partial charge in [0.25, 0.3) is 5.91 Å². The van der Waals surface area contributed by atoms with Crippen LogP contribution in [0, 0.1) is 5.82 Å². The lowest BCUT2D eigenvalue weighted by Gasteiger charge is -2.06. The van der Waals surface area contributed by atoms with Gasteiger partial charge >= 0.3 is 0 Å². The first kappa shape index (κ1) is 18.4. The number of carbonyl (C=O) groups is 2. The number of halogens is 1. The van der Waals surface area contributed by atoms with Crippen molar-refractivity contribution >= 4 is 22.7 Å². The molecule has 0 aliphatic carbocycles. The van der Waals surface area contributed by atoms with E-state index in [1.807, 2.05) is 24.3 Å². The number of rotatable bonds is 5. The first-order valence-corrected chi connectivity index (χ1v) is 8.96. The number of amides is 2. The molecule has 4 aromatic rings. The fourth-order valence-corrected chi connectivity index (χ4v) is 2.91. The highest BCUT2D eigenvalue weighted by Gasteiger charge is 2.13. The Morgan fingerprint density at radius 3 is 2.69 bits per heavy atom. The highest BCUT2D eigenvalue weighted by atomic mass is 19.1. The highest BCUT2D eigenvalue weighted by Crippen LogP contribution is 2.21. The molecule has 2 aromatic carbocycles. The molecule has 146 valence electrons. The summed E-state index contributed by atoms with van der Waals surface area (Å²) in [7, 11) is 0. The Hall–Kier alpha value is -3.94. The molecule has 7 nitrogen and oxygen atoms in total. The molecule has 0 saturated carbocycles. The van der Waals surface area contributed by atoms with E-state index < -0.39 is 5.91 Å². The second kappa shape index (κ2) is 7.97. The topological polar surface area (TPSA) is 100 Å². The van der Waals surface area contributed by atoms with Gasteiger partial charge in [0, 0.05) is 35.5 Å². The SMILES string of the molecule is O=C(CCc1ncc(-c2ccc(F)cc2)o1)NNC(=O)c1c[nH]c2ccccc12. The van der Waals surface area contributed by atoms with Crippen LogP contribution in [-0.4, -0.2) is 21.8 Å². The van der Waals surface area contributed by atoms with Crippen LogP contribution in [0.1, 0.15) is 22.7 Å². The number of carbonyl (C=O) groups excluding carboxylic acids is 2. The molecule has 2 amide bonds. The molecular weight excluding hydrogens is 375 g/mol. The van der Waals surface area contributed by atoms with Crippen LogP contribution < -0.4 is 10.9 Å². The van der Waals surface area contributed by atoms with Crippen LogP contribution in [0.25, 0.3) is 22.2 Å². The minimum Gasteiger partial charge on any atom is -0.441 e. The molecule has 0 aliphatic heterocycles. The van der Waals surface area contributed by atoms with E-state index in [2.05, 4.69) is 20.8 Å². The van der Waals surface area contributed by atoms with E-state index in [9.17, 15) is 14.0 Å². The number of hydrazine groups is 1. The number of hydrogen-bond acceptors (Lipinski definition) is 4. The lowest BCUT2D eigenvalue weighted by Crippen LogP contribution is -2.41. The van der Waals surface area contributed by atoms with E-state index in [1.54, 1.807) is 18.3 Å². The maximum atomic E-state index is 13.0. The van der Waals surface area contributed by atoms with Crippen LogP contribution in [0.5, 0.6) is 0 Å². The minimum absolute atomic E-state index is 0.0809. The molecule has 4 rings (SSSR count). The third kappa shape index (κ3) is 4.16. The van der Waals surface area contributed by atoms with Crippen molar-refractivity contribution in [1.82, 2.24) is 20.8 Å². The normalized spacial score (nSPS) is 10.8. The molecule has 0 fully saturated rings. The Balaban J connectivity index is 1.29. The van der Waals surface area contributed by atoms with Gasteiger partial charge in [-0.05, 0) is 30.3 Å². The van der Waals surface area contributed by atoms with E-state index >= 15 is 0 Å². The summed E-state index contributed by atoms with van der Waals surface area (Å²) in [5.41, 5.74) is 6.77. The number of aromatic nitrogens is 2. The van der Waals surface area contributed by atoms with E-state index in [4.69, 9.17) is 4.42 Å². The molecular formula is C21H17FN4O3. The van der Waals surface area contributed by atoms with Crippen molar-refractivity contribution in [2.75, 3.05) is 0 Å². The first-order valence-electron chi connectivity index (χ1n) is 8.96. The summed E-state index contributed by atoms with van der Waals surface area (Å²) in [4.78, 5) is 31.4. The number of oxazole rings is 1. The molecule has 0 bridgehead atoms. The van der Waals surface area contributed by atoms with Crippen LogP contribution in [0.4, 0.5) is 4.39 Å². The number of nitrogens with one attached hydrogen (secondary N) is 3. The number of nitrogens with zero attached hydrogens (tertiary/aromatic N) is 1. The van der Waals surface area contributed by atoms with Gasteiger partial charge < -0.3 is 9.40 Å². The van der Waals surface area contributed by atoms with Crippen molar-refractivity contribution in [3.8, 4) is 11.3 Å². The van der Waals surface area contributed by atoms with Gasteiger partial charge in [-0.1, -0.05) is 18.2 Å². The number of aromatic amines is 1. The van der Waals surface area contributed by atoms with Gasteiger partial charge in [-0.2, -0.15) is 0 Å². The van der Waals surface area contributed by atoms with Gasteiger partial charge in [-0.25, -0.2) is 9.37 Å². The molecule has 3 N–H and O–H groups in total. The second-order valence-electron chi connectivity index (χ2n) is 6.38. The second-order valence-corrected chi connectivity index (χ2v) is 6.38. The van der Waals surface area contributed by atoms with Gasteiger partial charge in [0.05, 0.1) is 11.8 Å². The molecule has 0 spiro atoms. The minimum atomic E-state index is -0.412. The lowest BCUT2D eigenvalue weighted by atomic mass is 10.2. The standard InChI is InChI=1S/C21H17FN4O3/c22-14-7-5-13(6-8-14)18-12-24-20(29-18)10-9-19(27)25-26-21(28)16-11-23-17-4-2-1-3-15(16)17/h1-8,11-12,23H,9-10H2,(H,25,27)(H,26,28). The van der Waals surface area contributed by atoms with E-state index in [0.29, 0.717) is 22.8 Å². The van der Waals surface area contributed by atoms with E-state index in [0.717, 1.165) is 10.9 Å². The molecule has 2 heterocycles. The summed E-state index contributed by atoms with van der Waals surface area (Å²) < 4.78 is 18.6. The van der Waals surface area contributed by atoms with Crippen molar-refractivity contribution in [2.45, 2.75) is 12.8 Å². The van der Waals surface area contributed by atoms with Crippen molar-refractivity contribution in [1.29, 1.82) is 0 Å². The highest BCUT2D eigenvalue weighted by molar-refractivity contribution is 6.07. The number of H-pyrrole nitrogens is 1. The smallest absolute Gasteiger partial charge is 0.271 e. The van der Waals surface area contributed by atoms with Gasteiger partial charge in [0.1, 0.15) is 5.82 Å². The number of para-hydroxylation sites is 1. The third-order valence-corrected chi connectivity index (χ3v) is 4.40.